The van der Waals surface area contributed by atoms with Gasteiger partial charge in [0.15, 0.2) is 0 Å². The maximum absolute atomic E-state index is 14.8. The third-order valence-electron chi connectivity index (χ3n) is 7.78. The second kappa shape index (κ2) is 18.5. The lowest BCUT2D eigenvalue weighted by Gasteiger charge is -2.35. The van der Waals surface area contributed by atoms with E-state index in [0.29, 0.717) is 23.4 Å². The Kier molecular flexibility index (Phi) is 14.5. The lowest BCUT2D eigenvalue weighted by molar-refractivity contribution is -0.140. The number of methoxy groups -OCH3 is 1. The van der Waals surface area contributed by atoms with Crippen molar-refractivity contribution in [3.63, 3.8) is 0 Å². The highest BCUT2D eigenvalue weighted by molar-refractivity contribution is 5.99. The van der Waals surface area contributed by atoms with Crippen molar-refractivity contribution < 1.29 is 29.0 Å². The molecule has 0 aromatic heterocycles. The lowest BCUT2D eigenvalue weighted by atomic mass is 9.98. The largest absolute Gasteiger partial charge is 0.508 e. The van der Waals surface area contributed by atoms with Gasteiger partial charge in [-0.05, 0) is 86.3 Å². The molecule has 9 heteroatoms. The first kappa shape index (κ1) is 37.7. The predicted molar refractivity (Wildman–Crippen MR) is 191 cm³/mol. The van der Waals surface area contributed by atoms with Crippen molar-refractivity contribution in [2.24, 2.45) is 0 Å². The first-order chi connectivity index (χ1) is 22.9. The standard InChI is InChI=1S/C39H51N3O6/c1-7-9-10-11-12-13-25-42(37(45)34(41-38(46)48-39(3,4)5)27-29-17-21-32(43)22-18-29)35(30-16-14-15-28(8-2)26-30)36(44)40-31-19-23-33(47-6)24-20-31/h8,14-24,26,34-35,43H,2,7,9-13,25,27H2,1,3-6H3,(H,40,44)(H,41,46). The topological polar surface area (TPSA) is 117 Å². The molecule has 48 heavy (non-hydrogen) atoms. The SMILES string of the molecule is C=Cc1cccc(C(C(=O)Nc2ccc(OC)cc2)N(CCCCCCCC)C(=O)C(Cc2ccc(O)cc2)NC(=O)OC(C)(C)C)c1. The van der Waals surface area contributed by atoms with Gasteiger partial charge in [-0.25, -0.2) is 4.79 Å². The van der Waals surface area contributed by atoms with E-state index in [1.807, 2.05) is 24.3 Å². The fraction of sp³-hybridized carbons (Fsp3) is 0.410. The normalized spacial score (nSPS) is 12.4. The summed E-state index contributed by atoms with van der Waals surface area (Å²) >= 11 is 0. The van der Waals surface area contributed by atoms with Crippen LogP contribution in [0, 0.1) is 0 Å². The van der Waals surface area contributed by atoms with E-state index < -0.39 is 35.6 Å². The maximum atomic E-state index is 14.8. The summed E-state index contributed by atoms with van der Waals surface area (Å²) in [6.07, 6.45) is 6.98. The Morgan fingerprint density at radius 2 is 1.60 bits per heavy atom. The van der Waals surface area contributed by atoms with Gasteiger partial charge in [0.2, 0.25) is 5.91 Å². The number of amides is 3. The first-order valence-electron chi connectivity index (χ1n) is 16.7. The quantitative estimate of drug-likeness (QED) is 0.127. The Labute approximate surface area is 285 Å². The Morgan fingerprint density at radius 3 is 2.23 bits per heavy atom. The van der Waals surface area contributed by atoms with Crippen LogP contribution in [0.25, 0.3) is 6.08 Å². The second-order valence-electron chi connectivity index (χ2n) is 12.9. The van der Waals surface area contributed by atoms with Gasteiger partial charge in [-0.2, -0.15) is 0 Å². The zero-order chi connectivity index (χ0) is 35.1. The minimum Gasteiger partial charge on any atom is -0.508 e. The van der Waals surface area contributed by atoms with Crippen molar-refractivity contribution in [2.75, 3.05) is 19.0 Å². The number of alkyl carbamates (subject to hydrolysis) is 1. The van der Waals surface area contributed by atoms with Crippen LogP contribution in [0.5, 0.6) is 11.5 Å². The zero-order valence-electron chi connectivity index (χ0n) is 29.0. The van der Waals surface area contributed by atoms with E-state index in [4.69, 9.17) is 9.47 Å². The fourth-order valence-corrected chi connectivity index (χ4v) is 5.36. The number of rotatable bonds is 17. The number of carbonyl (C=O) groups excluding carboxylic acids is 3. The fourth-order valence-electron chi connectivity index (χ4n) is 5.36. The van der Waals surface area contributed by atoms with Gasteiger partial charge in [-0.1, -0.05) is 82.0 Å². The van der Waals surface area contributed by atoms with E-state index in [-0.39, 0.29) is 18.7 Å². The molecule has 0 saturated heterocycles. The highest BCUT2D eigenvalue weighted by atomic mass is 16.6. The summed E-state index contributed by atoms with van der Waals surface area (Å²) in [6.45, 7) is 11.6. The number of nitrogens with zero attached hydrogens (tertiary/aromatic N) is 1. The summed E-state index contributed by atoms with van der Waals surface area (Å²) in [5.74, 6) is -0.0973. The van der Waals surface area contributed by atoms with Gasteiger partial charge in [0.1, 0.15) is 29.2 Å². The number of unbranched alkanes of at least 4 members (excludes halogenated alkanes) is 5. The number of benzene rings is 3. The van der Waals surface area contributed by atoms with E-state index in [0.717, 1.165) is 43.2 Å². The average Bonchev–Trinajstić information content (AvgIpc) is 3.05. The van der Waals surface area contributed by atoms with E-state index >= 15 is 0 Å². The van der Waals surface area contributed by atoms with E-state index in [2.05, 4.69) is 24.1 Å². The molecule has 0 aliphatic carbocycles. The van der Waals surface area contributed by atoms with Gasteiger partial charge in [0.25, 0.3) is 5.91 Å². The highest BCUT2D eigenvalue weighted by Gasteiger charge is 2.36. The van der Waals surface area contributed by atoms with Crippen LogP contribution in [0.4, 0.5) is 10.5 Å². The number of hydrogen-bond donors (Lipinski definition) is 3. The van der Waals surface area contributed by atoms with Crippen molar-refractivity contribution in [1.82, 2.24) is 10.2 Å². The van der Waals surface area contributed by atoms with Crippen molar-refractivity contribution in [2.45, 2.75) is 90.3 Å². The molecular formula is C39H51N3O6. The molecule has 0 aliphatic rings. The highest BCUT2D eigenvalue weighted by Crippen LogP contribution is 2.28. The minimum atomic E-state index is -1.07. The average molecular weight is 658 g/mol. The van der Waals surface area contributed by atoms with Gasteiger partial charge in [0, 0.05) is 18.7 Å². The molecule has 0 saturated carbocycles. The number of aromatic hydroxyl groups is 1. The molecule has 258 valence electrons. The summed E-state index contributed by atoms with van der Waals surface area (Å²) in [5, 5.41) is 15.6. The third-order valence-corrected chi connectivity index (χ3v) is 7.78. The van der Waals surface area contributed by atoms with Gasteiger partial charge in [-0.3, -0.25) is 9.59 Å². The van der Waals surface area contributed by atoms with Crippen molar-refractivity contribution in [3.8, 4) is 11.5 Å². The minimum absolute atomic E-state index is 0.0868. The van der Waals surface area contributed by atoms with Crippen LogP contribution in [0.3, 0.4) is 0 Å². The molecule has 3 amide bonds. The Hall–Kier alpha value is -4.79. The molecule has 2 atom stereocenters. The summed E-state index contributed by atoms with van der Waals surface area (Å²) in [7, 11) is 1.57. The Bertz CT molecular complexity index is 1480. The molecule has 9 nitrogen and oxygen atoms in total. The molecule has 0 spiro atoms. The number of nitrogens with one attached hydrogen (secondary N) is 2. The van der Waals surface area contributed by atoms with Crippen LogP contribution >= 0.6 is 0 Å². The van der Waals surface area contributed by atoms with E-state index in [9.17, 15) is 19.5 Å². The number of carbonyl (C=O) groups is 3. The van der Waals surface area contributed by atoms with Gasteiger partial charge < -0.3 is 30.1 Å². The monoisotopic (exact) mass is 657 g/mol. The van der Waals surface area contributed by atoms with Crippen LogP contribution in [0.2, 0.25) is 0 Å². The van der Waals surface area contributed by atoms with Crippen molar-refractivity contribution in [1.29, 1.82) is 0 Å². The zero-order valence-corrected chi connectivity index (χ0v) is 29.0. The summed E-state index contributed by atoms with van der Waals surface area (Å²) in [6, 6.07) is 18.7. The first-order valence-corrected chi connectivity index (χ1v) is 16.7. The number of phenolic OH excluding ortho intramolecular Hbond substituents is 1. The Morgan fingerprint density at radius 1 is 0.938 bits per heavy atom. The van der Waals surface area contributed by atoms with Crippen LogP contribution in [0.15, 0.2) is 79.4 Å². The van der Waals surface area contributed by atoms with Gasteiger partial charge in [0.05, 0.1) is 7.11 Å². The predicted octanol–water partition coefficient (Wildman–Crippen LogP) is 8.05. The summed E-state index contributed by atoms with van der Waals surface area (Å²) in [4.78, 5) is 43.8. The number of phenols is 1. The lowest BCUT2D eigenvalue weighted by Crippen LogP contribution is -2.53. The molecule has 0 fully saturated rings. The molecule has 3 rings (SSSR count). The molecule has 0 heterocycles. The van der Waals surface area contributed by atoms with Gasteiger partial charge in [-0.15, -0.1) is 0 Å². The molecule has 0 aliphatic heterocycles. The summed E-state index contributed by atoms with van der Waals surface area (Å²) < 4.78 is 10.8. The second-order valence-corrected chi connectivity index (χ2v) is 12.9. The van der Waals surface area contributed by atoms with Crippen molar-refractivity contribution in [3.05, 3.63) is 96.1 Å². The molecular weight excluding hydrogens is 606 g/mol. The number of ether oxygens (including phenoxy) is 2. The van der Waals surface area contributed by atoms with Crippen molar-refractivity contribution >= 4 is 29.7 Å². The molecule has 3 aromatic carbocycles. The smallest absolute Gasteiger partial charge is 0.408 e. The molecule has 2 unspecified atom stereocenters. The number of anilines is 1. The van der Waals surface area contributed by atoms with E-state index in [1.54, 1.807) is 75.3 Å². The van der Waals surface area contributed by atoms with Crippen LogP contribution < -0.4 is 15.4 Å². The Balaban J connectivity index is 2.08. The third kappa shape index (κ3) is 12.1. The molecule has 3 aromatic rings. The molecule has 0 radical (unpaired) electrons. The maximum Gasteiger partial charge on any atom is 0.408 e. The van der Waals surface area contributed by atoms with Crippen LogP contribution in [0.1, 0.15) is 89.0 Å². The van der Waals surface area contributed by atoms with Crippen LogP contribution in [-0.4, -0.2) is 53.2 Å². The number of hydrogen-bond acceptors (Lipinski definition) is 6. The van der Waals surface area contributed by atoms with Crippen LogP contribution in [-0.2, 0) is 20.7 Å². The molecule has 3 N–H and O–H groups in total. The van der Waals surface area contributed by atoms with Gasteiger partial charge >= 0.3 is 6.09 Å². The molecule has 0 bridgehead atoms. The van der Waals surface area contributed by atoms with E-state index in [1.165, 1.54) is 12.1 Å². The summed E-state index contributed by atoms with van der Waals surface area (Å²) in [5.41, 5.74) is 1.88.